The van der Waals surface area contributed by atoms with Gasteiger partial charge in [0.2, 0.25) is 0 Å². The first-order valence-corrected chi connectivity index (χ1v) is 7.14. The van der Waals surface area contributed by atoms with Crippen molar-refractivity contribution in [2.75, 3.05) is 6.54 Å². The first kappa shape index (κ1) is 16.4. The van der Waals surface area contributed by atoms with Crippen LogP contribution in [0.2, 0.25) is 0 Å². The molecule has 0 aliphatic heterocycles. The molecule has 0 saturated carbocycles. The van der Waals surface area contributed by atoms with Gasteiger partial charge in [0.05, 0.1) is 0 Å². The molecule has 0 fully saturated rings. The van der Waals surface area contributed by atoms with E-state index in [0.717, 1.165) is 38.5 Å². The monoisotopic (exact) mass is 243 g/mol. The minimum absolute atomic E-state index is 0.0759. The minimum Gasteiger partial charge on any atom is -0.462 e. The number of carbonyl (C=O) groups excluding carboxylic acids is 1. The van der Waals surface area contributed by atoms with E-state index in [0.29, 0.717) is 13.0 Å². The highest BCUT2D eigenvalue weighted by Gasteiger charge is 2.13. The van der Waals surface area contributed by atoms with E-state index >= 15 is 0 Å². The van der Waals surface area contributed by atoms with E-state index in [4.69, 9.17) is 10.5 Å². The lowest BCUT2D eigenvalue weighted by Gasteiger charge is -2.17. The second kappa shape index (κ2) is 11.9. The Morgan fingerprint density at radius 1 is 1.06 bits per heavy atom. The summed E-state index contributed by atoms with van der Waals surface area (Å²) in [6, 6.07) is 0. The highest BCUT2D eigenvalue weighted by atomic mass is 16.5. The molecule has 0 amide bonds. The molecular weight excluding hydrogens is 214 g/mol. The van der Waals surface area contributed by atoms with E-state index in [1.165, 1.54) is 12.8 Å². The van der Waals surface area contributed by atoms with Crippen LogP contribution in [0.4, 0.5) is 0 Å². The van der Waals surface area contributed by atoms with E-state index in [-0.39, 0.29) is 12.1 Å². The molecule has 0 radical (unpaired) electrons. The van der Waals surface area contributed by atoms with Crippen LogP contribution in [-0.2, 0) is 9.53 Å². The zero-order valence-corrected chi connectivity index (χ0v) is 11.5. The molecule has 1 atom stereocenters. The minimum atomic E-state index is -0.0759. The average molecular weight is 243 g/mol. The predicted octanol–water partition coefficient (Wildman–Crippen LogP) is 3.41. The molecule has 0 aliphatic rings. The van der Waals surface area contributed by atoms with Gasteiger partial charge in [0.15, 0.2) is 0 Å². The van der Waals surface area contributed by atoms with Crippen LogP contribution in [0.15, 0.2) is 0 Å². The van der Waals surface area contributed by atoms with Crippen molar-refractivity contribution in [1.82, 2.24) is 0 Å². The molecule has 102 valence electrons. The fraction of sp³-hybridized carbons (Fsp3) is 0.929. The summed E-state index contributed by atoms with van der Waals surface area (Å²) in [6.07, 6.45) is 9.25. The number of carbonyl (C=O) groups is 1. The van der Waals surface area contributed by atoms with Crippen molar-refractivity contribution >= 4 is 5.97 Å². The summed E-state index contributed by atoms with van der Waals surface area (Å²) in [5, 5.41) is 0. The normalized spacial score (nSPS) is 12.4. The molecular formula is C14H29NO2. The third-order valence-corrected chi connectivity index (χ3v) is 2.89. The average Bonchev–Trinajstić information content (AvgIpc) is 2.33. The molecule has 0 aromatic heterocycles. The molecule has 0 aromatic carbocycles. The van der Waals surface area contributed by atoms with Crippen molar-refractivity contribution in [2.45, 2.75) is 77.7 Å². The quantitative estimate of drug-likeness (QED) is 0.447. The summed E-state index contributed by atoms with van der Waals surface area (Å²) < 4.78 is 5.51. The van der Waals surface area contributed by atoms with Gasteiger partial charge in [0.25, 0.3) is 0 Å². The molecule has 0 aromatic rings. The molecule has 0 aliphatic carbocycles. The first-order valence-electron chi connectivity index (χ1n) is 7.14. The molecule has 0 spiro atoms. The van der Waals surface area contributed by atoms with Crippen LogP contribution in [-0.4, -0.2) is 18.6 Å². The van der Waals surface area contributed by atoms with Crippen LogP contribution < -0.4 is 5.73 Å². The van der Waals surface area contributed by atoms with Crippen molar-refractivity contribution in [3.63, 3.8) is 0 Å². The third kappa shape index (κ3) is 10.3. The highest BCUT2D eigenvalue weighted by Crippen LogP contribution is 2.14. The van der Waals surface area contributed by atoms with Crippen LogP contribution >= 0.6 is 0 Å². The van der Waals surface area contributed by atoms with Crippen molar-refractivity contribution in [3.8, 4) is 0 Å². The Morgan fingerprint density at radius 2 is 1.71 bits per heavy atom. The molecule has 3 nitrogen and oxygen atoms in total. The van der Waals surface area contributed by atoms with Crippen molar-refractivity contribution < 1.29 is 9.53 Å². The van der Waals surface area contributed by atoms with Gasteiger partial charge in [-0.15, -0.1) is 0 Å². The lowest BCUT2D eigenvalue weighted by Crippen LogP contribution is -2.19. The van der Waals surface area contributed by atoms with Gasteiger partial charge in [0.1, 0.15) is 6.10 Å². The Balaban J connectivity index is 3.85. The van der Waals surface area contributed by atoms with Crippen LogP contribution in [0.5, 0.6) is 0 Å². The Morgan fingerprint density at radius 3 is 2.29 bits per heavy atom. The summed E-state index contributed by atoms with van der Waals surface area (Å²) in [5.41, 5.74) is 5.38. The zero-order valence-electron chi connectivity index (χ0n) is 11.5. The number of nitrogens with two attached hydrogens (primary N) is 1. The summed E-state index contributed by atoms with van der Waals surface area (Å²) in [6.45, 7) is 4.91. The second-order valence-corrected chi connectivity index (χ2v) is 4.64. The van der Waals surface area contributed by atoms with Gasteiger partial charge in [0, 0.05) is 6.42 Å². The van der Waals surface area contributed by atoms with E-state index in [1.807, 2.05) is 0 Å². The molecule has 1 unspecified atom stereocenters. The highest BCUT2D eigenvalue weighted by molar-refractivity contribution is 5.69. The predicted molar refractivity (Wildman–Crippen MR) is 71.8 cm³/mol. The maximum atomic E-state index is 11.5. The van der Waals surface area contributed by atoms with Gasteiger partial charge in [-0.25, -0.2) is 0 Å². The van der Waals surface area contributed by atoms with Gasteiger partial charge in [-0.3, -0.25) is 4.79 Å². The zero-order chi connectivity index (χ0) is 12.9. The number of hydrogen-bond acceptors (Lipinski definition) is 3. The standard InChI is InChI=1S/C14H29NO2/c1-3-5-7-10-13(9-6-4-2)17-14(16)11-8-12-15/h13H,3-12,15H2,1-2H3. The van der Waals surface area contributed by atoms with Gasteiger partial charge in [-0.05, 0) is 32.2 Å². The second-order valence-electron chi connectivity index (χ2n) is 4.64. The van der Waals surface area contributed by atoms with Gasteiger partial charge >= 0.3 is 5.97 Å². The lowest BCUT2D eigenvalue weighted by atomic mass is 10.1. The van der Waals surface area contributed by atoms with E-state index in [2.05, 4.69) is 13.8 Å². The van der Waals surface area contributed by atoms with Crippen LogP contribution in [0.25, 0.3) is 0 Å². The lowest BCUT2D eigenvalue weighted by molar-refractivity contribution is -0.149. The summed E-state index contributed by atoms with van der Waals surface area (Å²) in [5.74, 6) is -0.0759. The van der Waals surface area contributed by atoms with E-state index in [9.17, 15) is 4.79 Å². The number of hydrogen-bond donors (Lipinski definition) is 1. The molecule has 0 heterocycles. The Kier molecular flexibility index (Phi) is 11.5. The largest absolute Gasteiger partial charge is 0.462 e. The van der Waals surface area contributed by atoms with Crippen LogP contribution in [0.1, 0.15) is 71.6 Å². The number of esters is 1. The van der Waals surface area contributed by atoms with Gasteiger partial charge in [-0.1, -0.05) is 39.5 Å². The van der Waals surface area contributed by atoms with E-state index < -0.39 is 0 Å². The van der Waals surface area contributed by atoms with Crippen LogP contribution in [0, 0.1) is 0 Å². The topological polar surface area (TPSA) is 52.3 Å². The van der Waals surface area contributed by atoms with Gasteiger partial charge in [-0.2, -0.15) is 0 Å². The van der Waals surface area contributed by atoms with Crippen molar-refractivity contribution in [1.29, 1.82) is 0 Å². The van der Waals surface area contributed by atoms with Crippen LogP contribution in [0.3, 0.4) is 0 Å². The molecule has 0 saturated heterocycles. The van der Waals surface area contributed by atoms with Crippen molar-refractivity contribution in [2.24, 2.45) is 5.73 Å². The maximum Gasteiger partial charge on any atom is 0.306 e. The summed E-state index contributed by atoms with van der Waals surface area (Å²) in [7, 11) is 0. The molecule has 0 rings (SSSR count). The van der Waals surface area contributed by atoms with Crippen molar-refractivity contribution in [3.05, 3.63) is 0 Å². The first-order chi connectivity index (χ1) is 8.24. The summed E-state index contributed by atoms with van der Waals surface area (Å²) >= 11 is 0. The maximum absolute atomic E-state index is 11.5. The molecule has 3 heteroatoms. The number of ether oxygens (including phenoxy) is 1. The van der Waals surface area contributed by atoms with E-state index in [1.54, 1.807) is 0 Å². The fourth-order valence-corrected chi connectivity index (χ4v) is 1.81. The SMILES string of the molecule is CCCCCC(CCCC)OC(=O)CCCN. The van der Waals surface area contributed by atoms with Gasteiger partial charge < -0.3 is 10.5 Å². The Hall–Kier alpha value is -0.570. The number of rotatable bonds is 11. The number of unbranched alkanes of at least 4 members (excludes halogenated alkanes) is 3. The molecule has 0 bridgehead atoms. The molecule has 17 heavy (non-hydrogen) atoms. The fourth-order valence-electron chi connectivity index (χ4n) is 1.81. The Bertz CT molecular complexity index is 183. The smallest absolute Gasteiger partial charge is 0.306 e. The Labute approximate surface area is 106 Å². The molecule has 2 N–H and O–H groups in total. The third-order valence-electron chi connectivity index (χ3n) is 2.89. The summed E-state index contributed by atoms with van der Waals surface area (Å²) in [4.78, 5) is 11.5.